The van der Waals surface area contributed by atoms with Gasteiger partial charge < -0.3 is 9.47 Å². The lowest BCUT2D eigenvalue weighted by Crippen LogP contribution is -2.43. The lowest BCUT2D eigenvalue weighted by molar-refractivity contribution is -0.153. The Bertz CT molecular complexity index is 768. The molecule has 2 aliphatic rings. The van der Waals surface area contributed by atoms with Crippen molar-refractivity contribution >= 4 is 5.97 Å². The molecule has 1 aliphatic carbocycles. The van der Waals surface area contributed by atoms with Crippen molar-refractivity contribution in [1.82, 2.24) is 0 Å². The van der Waals surface area contributed by atoms with Crippen LogP contribution in [0.4, 0.5) is 0 Å². The minimum atomic E-state index is -0.522. The standard InChI is InChI=1S/C22H24O3/c1-21-13-6-14-22(25-20(21)23,17-9-11-18(24-2)12-10-17)19(21)15-16-7-4-3-5-8-16/h3-5,7-12,19H,6,13-15H2,1-2H3/t19-,21-,22-/m0/s1. The highest BCUT2D eigenvalue weighted by molar-refractivity contribution is 5.81. The molecule has 3 heteroatoms. The number of carbonyl (C=O) groups excluding carboxylic acids is 1. The Labute approximate surface area is 149 Å². The minimum Gasteiger partial charge on any atom is -0.497 e. The summed E-state index contributed by atoms with van der Waals surface area (Å²) in [6.07, 6.45) is 3.66. The summed E-state index contributed by atoms with van der Waals surface area (Å²) in [5, 5.41) is 0. The molecule has 2 aromatic carbocycles. The van der Waals surface area contributed by atoms with Crippen LogP contribution >= 0.6 is 0 Å². The molecule has 1 aliphatic heterocycles. The molecule has 0 unspecified atom stereocenters. The fourth-order valence-corrected chi connectivity index (χ4v) is 4.75. The van der Waals surface area contributed by atoms with Crippen LogP contribution in [0.5, 0.6) is 5.75 Å². The molecule has 130 valence electrons. The largest absolute Gasteiger partial charge is 0.497 e. The summed E-state index contributed by atoms with van der Waals surface area (Å²) >= 11 is 0. The topological polar surface area (TPSA) is 35.5 Å². The highest BCUT2D eigenvalue weighted by Gasteiger charge is 2.64. The number of hydrogen-bond acceptors (Lipinski definition) is 3. The van der Waals surface area contributed by atoms with Gasteiger partial charge in [-0.15, -0.1) is 0 Å². The molecule has 1 saturated carbocycles. The molecule has 2 fully saturated rings. The molecule has 0 amide bonds. The van der Waals surface area contributed by atoms with E-state index in [1.54, 1.807) is 7.11 Å². The zero-order chi connectivity index (χ0) is 17.5. The van der Waals surface area contributed by atoms with E-state index in [0.717, 1.165) is 37.0 Å². The van der Waals surface area contributed by atoms with E-state index in [9.17, 15) is 4.79 Å². The van der Waals surface area contributed by atoms with Gasteiger partial charge in [-0.3, -0.25) is 4.79 Å². The first-order valence-electron chi connectivity index (χ1n) is 9.00. The van der Waals surface area contributed by atoms with Crippen molar-refractivity contribution in [2.24, 2.45) is 11.3 Å². The van der Waals surface area contributed by atoms with Gasteiger partial charge in [0.15, 0.2) is 0 Å². The van der Waals surface area contributed by atoms with E-state index in [1.807, 2.05) is 18.2 Å². The van der Waals surface area contributed by atoms with E-state index >= 15 is 0 Å². The van der Waals surface area contributed by atoms with Gasteiger partial charge in [0, 0.05) is 5.92 Å². The Morgan fingerprint density at radius 2 is 1.80 bits per heavy atom. The van der Waals surface area contributed by atoms with Crippen LogP contribution in [0.2, 0.25) is 0 Å². The Kier molecular flexibility index (Phi) is 3.82. The minimum absolute atomic E-state index is 0.0400. The van der Waals surface area contributed by atoms with E-state index in [0.29, 0.717) is 0 Å². The Morgan fingerprint density at radius 3 is 2.48 bits per heavy atom. The third-order valence-corrected chi connectivity index (χ3v) is 6.18. The van der Waals surface area contributed by atoms with Gasteiger partial charge >= 0.3 is 5.97 Å². The summed E-state index contributed by atoms with van der Waals surface area (Å²) in [5.41, 5.74) is 1.42. The molecule has 2 bridgehead atoms. The van der Waals surface area contributed by atoms with Crippen LogP contribution in [-0.4, -0.2) is 13.1 Å². The number of hydrogen-bond donors (Lipinski definition) is 0. The summed E-state index contributed by atoms with van der Waals surface area (Å²) < 4.78 is 11.4. The van der Waals surface area contributed by atoms with Crippen molar-refractivity contribution in [1.29, 1.82) is 0 Å². The van der Waals surface area contributed by atoms with Crippen molar-refractivity contribution in [3.05, 3.63) is 65.7 Å². The summed E-state index contributed by atoms with van der Waals surface area (Å²) in [5.74, 6) is 0.932. The maximum absolute atomic E-state index is 12.8. The number of esters is 1. The molecule has 0 spiro atoms. The predicted octanol–water partition coefficient (Wildman–Crippen LogP) is 4.50. The maximum atomic E-state index is 12.8. The number of ether oxygens (including phenoxy) is 2. The van der Waals surface area contributed by atoms with E-state index in [1.165, 1.54) is 5.56 Å². The van der Waals surface area contributed by atoms with Gasteiger partial charge in [0.25, 0.3) is 0 Å². The van der Waals surface area contributed by atoms with Crippen LogP contribution in [0.3, 0.4) is 0 Å². The smallest absolute Gasteiger partial charge is 0.313 e. The second kappa shape index (κ2) is 5.91. The quantitative estimate of drug-likeness (QED) is 0.771. The van der Waals surface area contributed by atoms with Crippen molar-refractivity contribution in [3.8, 4) is 5.75 Å². The Hall–Kier alpha value is -2.29. The average Bonchev–Trinajstić information content (AvgIpc) is 2.76. The summed E-state index contributed by atoms with van der Waals surface area (Å²) in [4.78, 5) is 12.8. The van der Waals surface area contributed by atoms with Crippen LogP contribution in [-0.2, 0) is 21.6 Å². The van der Waals surface area contributed by atoms with E-state index in [-0.39, 0.29) is 11.9 Å². The highest BCUT2D eigenvalue weighted by Crippen LogP contribution is 2.60. The zero-order valence-electron chi connectivity index (χ0n) is 14.8. The van der Waals surface area contributed by atoms with Crippen molar-refractivity contribution < 1.29 is 14.3 Å². The number of fused-ring (bicyclic) bond motifs is 2. The summed E-state index contributed by atoms with van der Waals surface area (Å²) in [7, 11) is 1.67. The van der Waals surface area contributed by atoms with Gasteiger partial charge in [-0.1, -0.05) is 42.5 Å². The third-order valence-electron chi connectivity index (χ3n) is 6.18. The van der Waals surface area contributed by atoms with Crippen LogP contribution < -0.4 is 4.74 Å². The second-order valence-corrected chi connectivity index (χ2v) is 7.52. The fourth-order valence-electron chi connectivity index (χ4n) is 4.75. The molecule has 1 saturated heterocycles. The molecule has 1 heterocycles. The van der Waals surface area contributed by atoms with Gasteiger partial charge in [-0.05, 0) is 55.9 Å². The van der Waals surface area contributed by atoms with Crippen LogP contribution in [0.15, 0.2) is 54.6 Å². The highest BCUT2D eigenvalue weighted by atomic mass is 16.6. The molecule has 2 aromatic rings. The normalized spacial score (nSPS) is 30.8. The zero-order valence-corrected chi connectivity index (χ0v) is 14.8. The third kappa shape index (κ3) is 2.45. The van der Waals surface area contributed by atoms with E-state index < -0.39 is 11.0 Å². The molecule has 25 heavy (non-hydrogen) atoms. The van der Waals surface area contributed by atoms with Crippen molar-refractivity contribution in [3.63, 3.8) is 0 Å². The van der Waals surface area contributed by atoms with Gasteiger partial charge in [0.1, 0.15) is 11.4 Å². The monoisotopic (exact) mass is 336 g/mol. The fraction of sp³-hybridized carbons (Fsp3) is 0.409. The first-order valence-corrected chi connectivity index (χ1v) is 9.00. The van der Waals surface area contributed by atoms with Crippen LogP contribution in [0, 0.1) is 11.3 Å². The first-order chi connectivity index (χ1) is 12.1. The van der Waals surface area contributed by atoms with Crippen LogP contribution in [0.1, 0.15) is 37.3 Å². The maximum Gasteiger partial charge on any atom is 0.313 e. The van der Waals surface area contributed by atoms with Gasteiger partial charge in [-0.2, -0.15) is 0 Å². The molecular formula is C22H24O3. The molecular weight excluding hydrogens is 312 g/mol. The molecule has 3 nitrogen and oxygen atoms in total. The van der Waals surface area contributed by atoms with Crippen LogP contribution in [0.25, 0.3) is 0 Å². The van der Waals surface area contributed by atoms with E-state index in [2.05, 4.69) is 43.3 Å². The second-order valence-electron chi connectivity index (χ2n) is 7.52. The number of benzene rings is 2. The molecule has 4 rings (SSSR count). The predicted molar refractivity (Wildman–Crippen MR) is 96.4 cm³/mol. The average molecular weight is 336 g/mol. The van der Waals surface area contributed by atoms with Crippen molar-refractivity contribution in [2.45, 2.75) is 38.2 Å². The van der Waals surface area contributed by atoms with Gasteiger partial charge in [0.2, 0.25) is 0 Å². The summed E-state index contributed by atoms with van der Waals surface area (Å²) in [6, 6.07) is 18.5. The summed E-state index contributed by atoms with van der Waals surface area (Å²) in [6.45, 7) is 2.09. The van der Waals surface area contributed by atoms with Gasteiger partial charge in [0.05, 0.1) is 12.5 Å². The number of rotatable bonds is 4. The molecule has 0 N–H and O–H groups in total. The number of carbonyl (C=O) groups is 1. The van der Waals surface area contributed by atoms with Gasteiger partial charge in [-0.25, -0.2) is 0 Å². The Balaban J connectivity index is 1.78. The first kappa shape index (κ1) is 16.2. The molecule has 0 radical (unpaired) electrons. The Morgan fingerprint density at radius 1 is 1.08 bits per heavy atom. The lowest BCUT2D eigenvalue weighted by Gasteiger charge is -2.42. The number of methoxy groups -OCH3 is 1. The lowest BCUT2D eigenvalue weighted by atomic mass is 9.59. The van der Waals surface area contributed by atoms with Crippen molar-refractivity contribution in [2.75, 3.05) is 7.11 Å². The van der Waals surface area contributed by atoms with E-state index in [4.69, 9.17) is 9.47 Å². The molecule has 0 aromatic heterocycles. The SMILES string of the molecule is COc1ccc([C@]23CCC[C@](C)(C(=O)O2)[C@@H]3Cc2ccccc2)cc1. The molecule has 3 atom stereocenters.